The van der Waals surface area contributed by atoms with Gasteiger partial charge in [0.2, 0.25) is 5.91 Å². The number of halogens is 1. The molecule has 0 aliphatic carbocycles. The van der Waals surface area contributed by atoms with E-state index >= 15 is 0 Å². The van der Waals surface area contributed by atoms with Crippen LogP contribution in [0.3, 0.4) is 0 Å². The standard InChI is InChI=1S/C24H21FN4O3/c25-19-4-5-21(30)20(14-19)23-13-18-12-16(3-6-22(18)32-23)17-2-1-9-28(15-17)24(31)7-10-29-11-8-26-27-29/h2-6,8,11-14,30H,1,7,9-10,15H2. The quantitative estimate of drug-likeness (QED) is 0.510. The highest BCUT2D eigenvalue weighted by Crippen LogP contribution is 2.35. The van der Waals surface area contributed by atoms with Crippen molar-refractivity contribution in [2.75, 3.05) is 13.1 Å². The number of aromatic nitrogens is 3. The maximum atomic E-state index is 13.6. The first kappa shape index (κ1) is 20.0. The molecule has 0 saturated carbocycles. The number of benzene rings is 2. The monoisotopic (exact) mass is 432 g/mol. The minimum Gasteiger partial charge on any atom is -0.507 e. The average molecular weight is 432 g/mol. The molecule has 1 aliphatic rings. The summed E-state index contributed by atoms with van der Waals surface area (Å²) in [6, 6.07) is 11.4. The fraction of sp³-hybridized carbons (Fsp3) is 0.208. The van der Waals surface area contributed by atoms with Crippen LogP contribution in [0.4, 0.5) is 4.39 Å². The molecule has 4 aromatic rings. The highest BCUT2D eigenvalue weighted by Gasteiger charge is 2.20. The second-order valence-corrected chi connectivity index (χ2v) is 7.77. The summed E-state index contributed by atoms with van der Waals surface area (Å²) < 4.78 is 21.1. The lowest BCUT2D eigenvalue weighted by Crippen LogP contribution is -2.35. The van der Waals surface area contributed by atoms with Gasteiger partial charge in [0.05, 0.1) is 18.3 Å². The molecule has 1 N–H and O–H groups in total. The number of carbonyl (C=O) groups excluding carboxylic acids is 1. The molecular formula is C24H21FN4O3. The van der Waals surface area contributed by atoms with Crippen molar-refractivity contribution in [2.24, 2.45) is 0 Å². The number of amides is 1. The van der Waals surface area contributed by atoms with E-state index in [1.807, 2.05) is 23.1 Å². The zero-order chi connectivity index (χ0) is 22.1. The van der Waals surface area contributed by atoms with Gasteiger partial charge in [-0.25, -0.2) is 4.39 Å². The maximum absolute atomic E-state index is 13.6. The molecule has 2 aromatic carbocycles. The number of rotatable bonds is 5. The first-order valence-electron chi connectivity index (χ1n) is 10.4. The molecule has 1 amide bonds. The van der Waals surface area contributed by atoms with Crippen molar-refractivity contribution < 1.29 is 18.7 Å². The second-order valence-electron chi connectivity index (χ2n) is 7.77. The van der Waals surface area contributed by atoms with Gasteiger partial charge in [-0.15, -0.1) is 5.10 Å². The molecule has 0 bridgehead atoms. The van der Waals surface area contributed by atoms with Gasteiger partial charge in [0, 0.05) is 31.1 Å². The zero-order valence-electron chi connectivity index (χ0n) is 17.2. The number of hydrogen-bond donors (Lipinski definition) is 1. The van der Waals surface area contributed by atoms with E-state index in [2.05, 4.69) is 16.4 Å². The SMILES string of the molecule is O=C(CCn1ccnn1)N1CCC=C(c2ccc3oc(-c4cc(F)ccc4O)cc3c2)C1. The Labute approximate surface area is 183 Å². The summed E-state index contributed by atoms with van der Waals surface area (Å²) in [5.41, 5.74) is 3.03. The number of aromatic hydroxyl groups is 1. The molecule has 0 fully saturated rings. The van der Waals surface area contributed by atoms with Crippen molar-refractivity contribution in [1.29, 1.82) is 0 Å². The summed E-state index contributed by atoms with van der Waals surface area (Å²) in [5.74, 6) is -0.00311. The minimum absolute atomic E-state index is 0.0410. The van der Waals surface area contributed by atoms with Crippen LogP contribution in [0.1, 0.15) is 18.4 Å². The summed E-state index contributed by atoms with van der Waals surface area (Å²) in [5, 5.41) is 18.6. The fourth-order valence-corrected chi connectivity index (χ4v) is 3.97. The summed E-state index contributed by atoms with van der Waals surface area (Å²) in [6.45, 7) is 1.73. The number of nitrogens with zero attached hydrogens (tertiary/aromatic N) is 4. The molecule has 1 aliphatic heterocycles. The number of phenols is 1. The van der Waals surface area contributed by atoms with E-state index in [1.54, 1.807) is 23.1 Å². The van der Waals surface area contributed by atoms with Crippen LogP contribution in [0.5, 0.6) is 5.75 Å². The van der Waals surface area contributed by atoms with Crippen molar-refractivity contribution in [3.05, 3.63) is 72.3 Å². The Morgan fingerprint density at radius 3 is 2.94 bits per heavy atom. The molecule has 0 saturated heterocycles. The van der Waals surface area contributed by atoms with E-state index in [4.69, 9.17) is 4.42 Å². The molecule has 3 heterocycles. The molecule has 0 spiro atoms. The zero-order valence-corrected chi connectivity index (χ0v) is 17.2. The van der Waals surface area contributed by atoms with E-state index in [0.29, 0.717) is 43.0 Å². The Bertz CT molecular complexity index is 1310. The van der Waals surface area contributed by atoms with Gasteiger partial charge in [-0.3, -0.25) is 9.48 Å². The molecule has 7 nitrogen and oxygen atoms in total. The molecule has 5 rings (SSSR count). The Morgan fingerprint density at radius 1 is 1.19 bits per heavy atom. The van der Waals surface area contributed by atoms with Gasteiger partial charge in [0.15, 0.2) is 0 Å². The summed E-state index contributed by atoms with van der Waals surface area (Å²) in [6.07, 6.45) is 6.65. The van der Waals surface area contributed by atoms with Crippen LogP contribution < -0.4 is 0 Å². The molecular weight excluding hydrogens is 411 g/mol. The average Bonchev–Trinajstić information content (AvgIpc) is 3.48. The smallest absolute Gasteiger partial charge is 0.224 e. The molecule has 2 aromatic heterocycles. The lowest BCUT2D eigenvalue weighted by atomic mass is 9.99. The van der Waals surface area contributed by atoms with E-state index in [1.165, 1.54) is 18.2 Å². The molecule has 0 radical (unpaired) electrons. The van der Waals surface area contributed by atoms with Crippen molar-refractivity contribution in [3.8, 4) is 17.1 Å². The lowest BCUT2D eigenvalue weighted by Gasteiger charge is -2.27. The fourth-order valence-electron chi connectivity index (χ4n) is 3.97. The van der Waals surface area contributed by atoms with Crippen LogP contribution in [0.2, 0.25) is 0 Å². The number of fused-ring (bicyclic) bond motifs is 1. The van der Waals surface area contributed by atoms with Gasteiger partial charge in [-0.05, 0) is 54.0 Å². The van der Waals surface area contributed by atoms with Gasteiger partial charge >= 0.3 is 0 Å². The van der Waals surface area contributed by atoms with E-state index in [9.17, 15) is 14.3 Å². The molecule has 0 unspecified atom stereocenters. The number of furan rings is 1. The first-order valence-corrected chi connectivity index (χ1v) is 10.4. The largest absolute Gasteiger partial charge is 0.507 e. The maximum Gasteiger partial charge on any atom is 0.224 e. The van der Waals surface area contributed by atoms with Crippen molar-refractivity contribution in [3.63, 3.8) is 0 Å². The lowest BCUT2D eigenvalue weighted by molar-refractivity contribution is -0.131. The minimum atomic E-state index is -0.445. The number of phenolic OH excluding ortho intramolecular Hbond substituents is 1. The highest BCUT2D eigenvalue weighted by atomic mass is 19.1. The summed E-state index contributed by atoms with van der Waals surface area (Å²) in [7, 11) is 0. The Morgan fingerprint density at radius 2 is 2.09 bits per heavy atom. The van der Waals surface area contributed by atoms with E-state index < -0.39 is 5.82 Å². The van der Waals surface area contributed by atoms with Crippen molar-refractivity contribution >= 4 is 22.4 Å². The van der Waals surface area contributed by atoms with Gasteiger partial charge in [0.25, 0.3) is 0 Å². The Kier molecular flexibility index (Phi) is 5.18. The molecule has 8 heteroatoms. The molecule has 32 heavy (non-hydrogen) atoms. The Balaban J connectivity index is 1.34. The number of hydrogen-bond acceptors (Lipinski definition) is 5. The van der Waals surface area contributed by atoms with Crippen LogP contribution in [-0.2, 0) is 11.3 Å². The van der Waals surface area contributed by atoms with Crippen LogP contribution in [-0.4, -0.2) is 44.0 Å². The number of carbonyl (C=O) groups is 1. The molecule has 162 valence electrons. The third kappa shape index (κ3) is 3.99. The third-order valence-electron chi connectivity index (χ3n) is 5.64. The molecule has 0 atom stereocenters. The first-order chi connectivity index (χ1) is 15.6. The van der Waals surface area contributed by atoms with Crippen LogP contribution in [0.25, 0.3) is 27.9 Å². The van der Waals surface area contributed by atoms with Gasteiger partial charge in [0.1, 0.15) is 22.9 Å². The van der Waals surface area contributed by atoms with Gasteiger partial charge in [-0.1, -0.05) is 17.4 Å². The number of aryl methyl sites for hydroxylation is 1. The topological polar surface area (TPSA) is 84.4 Å². The summed E-state index contributed by atoms with van der Waals surface area (Å²) >= 11 is 0. The van der Waals surface area contributed by atoms with Gasteiger partial charge < -0.3 is 14.4 Å². The van der Waals surface area contributed by atoms with Crippen molar-refractivity contribution in [1.82, 2.24) is 19.9 Å². The van der Waals surface area contributed by atoms with Crippen molar-refractivity contribution in [2.45, 2.75) is 19.4 Å². The summed E-state index contributed by atoms with van der Waals surface area (Å²) in [4.78, 5) is 14.5. The van der Waals surface area contributed by atoms with Crippen LogP contribution >= 0.6 is 0 Å². The van der Waals surface area contributed by atoms with E-state index in [0.717, 1.165) is 22.9 Å². The predicted octanol–water partition coefficient (Wildman–Crippen LogP) is 4.24. The Hall–Kier alpha value is -3.94. The van der Waals surface area contributed by atoms with Gasteiger partial charge in [-0.2, -0.15) is 0 Å². The normalized spacial score (nSPS) is 14.0. The third-order valence-corrected chi connectivity index (χ3v) is 5.64. The highest BCUT2D eigenvalue weighted by molar-refractivity contribution is 5.88. The van der Waals surface area contributed by atoms with E-state index in [-0.39, 0.29) is 11.7 Å². The second kappa shape index (κ2) is 8.30. The predicted molar refractivity (Wildman–Crippen MR) is 117 cm³/mol. The van der Waals surface area contributed by atoms with Crippen LogP contribution in [0.15, 0.2) is 65.4 Å². The van der Waals surface area contributed by atoms with Crippen LogP contribution in [0, 0.1) is 5.82 Å².